The van der Waals surface area contributed by atoms with E-state index in [1.165, 1.54) is 30.5 Å². The lowest BCUT2D eigenvalue weighted by atomic mass is 10.2. The Kier molecular flexibility index (Phi) is 7.41. The fourth-order valence-electron chi connectivity index (χ4n) is 3.04. The van der Waals surface area contributed by atoms with Gasteiger partial charge in [-0.1, -0.05) is 12.1 Å². The van der Waals surface area contributed by atoms with Crippen LogP contribution in [0.3, 0.4) is 0 Å². The third-order valence-electron chi connectivity index (χ3n) is 4.60. The molecule has 11 heteroatoms. The molecule has 172 valence electrons. The third kappa shape index (κ3) is 5.52. The maximum atomic E-state index is 13.0. The number of amides is 1. The van der Waals surface area contributed by atoms with Crippen molar-refractivity contribution in [2.24, 2.45) is 5.10 Å². The van der Waals surface area contributed by atoms with E-state index in [1.54, 1.807) is 36.4 Å². The highest BCUT2D eigenvalue weighted by Crippen LogP contribution is 2.28. The number of ether oxygens (including phenoxy) is 1. The number of hydrogen-bond acceptors (Lipinski definition) is 5. The van der Waals surface area contributed by atoms with Crippen LogP contribution in [0.5, 0.6) is 5.75 Å². The quantitative estimate of drug-likeness (QED) is 0.237. The van der Waals surface area contributed by atoms with Crippen LogP contribution in [0.25, 0.3) is 10.9 Å². The number of hydrogen-bond donors (Lipinski definition) is 2. The second-order valence-electron chi connectivity index (χ2n) is 6.99. The lowest BCUT2D eigenvalue weighted by Gasteiger charge is -2.11. The Bertz CT molecular complexity index is 1510. The molecule has 34 heavy (non-hydrogen) atoms. The fraction of sp³-hybridized carbons (Fsp3) is 0.0435. The molecular weight excluding hydrogens is 669 g/mol. The van der Waals surface area contributed by atoms with Crippen LogP contribution >= 0.6 is 45.2 Å². The molecular formula is C23H15FI2N4O4. The van der Waals surface area contributed by atoms with Gasteiger partial charge >= 0.3 is 5.69 Å². The minimum Gasteiger partial charge on any atom is -0.482 e. The van der Waals surface area contributed by atoms with Crippen LogP contribution in [-0.2, 0) is 4.79 Å². The number of benzene rings is 3. The molecule has 0 aliphatic rings. The summed E-state index contributed by atoms with van der Waals surface area (Å²) in [6.45, 7) is -0.237. The first-order chi connectivity index (χ1) is 16.3. The Morgan fingerprint density at radius 1 is 1.09 bits per heavy atom. The van der Waals surface area contributed by atoms with Crippen molar-refractivity contribution < 1.29 is 13.9 Å². The topological polar surface area (TPSA) is 106 Å². The zero-order chi connectivity index (χ0) is 24.2. The van der Waals surface area contributed by atoms with E-state index in [4.69, 9.17) is 4.74 Å². The van der Waals surface area contributed by atoms with Crippen molar-refractivity contribution in [3.8, 4) is 5.75 Å². The molecule has 0 aliphatic heterocycles. The van der Waals surface area contributed by atoms with Crippen LogP contribution in [0.4, 0.5) is 10.1 Å². The van der Waals surface area contributed by atoms with E-state index < -0.39 is 23.0 Å². The summed E-state index contributed by atoms with van der Waals surface area (Å²) >= 11 is 4.13. The molecule has 0 unspecified atom stereocenters. The molecule has 0 bridgehead atoms. The number of carbonyl (C=O) groups is 1. The summed E-state index contributed by atoms with van der Waals surface area (Å²) in [5.74, 6) is -0.274. The number of para-hydroxylation sites is 1. The third-order valence-corrected chi connectivity index (χ3v) is 6.20. The first kappa shape index (κ1) is 24.1. The van der Waals surface area contributed by atoms with E-state index in [-0.39, 0.29) is 6.61 Å². The number of aromatic nitrogens is 2. The van der Waals surface area contributed by atoms with Gasteiger partial charge in [0.1, 0.15) is 11.6 Å². The van der Waals surface area contributed by atoms with Crippen LogP contribution in [0.1, 0.15) is 5.56 Å². The highest BCUT2D eigenvalue weighted by atomic mass is 127. The largest absolute Gasteiger partial charge is 0.482 e. The van der Waals surface area contributed by atoms with Crippen molar-refractivity contribution in [2.75, 3.05) is 11.9 Å². The average molecular weight is 684 g/mol. The van der Waals surface area contributed by atoms with Crippen LogP contribution in [0.15, 0.2) is 75.4 Å². The van der Waals surface area contributed by atoms with Crippen molar-refractivity contribution in [1.82, 2.24) is 9.66 Å². The zero-order valence-electron chi connectivity index (χ0n) is 17.2. The molecule has 4 aromatic rings. The first-order valence-corrected chi connectivity index (χ1v) is 11.9. The smallest absolute Gasteiger partial charge is 0.349 e. The van der Waals surface area contributed by atoms with E-state index in [0.29, 0.717) is 35.0 Å². The highest BCUT2D eigenvalue weighted by molar-refractivity contribution is 14.1. The molecule has 1 amide bonds. The van der Waals surface area contributed by atoms with Gasteiger partial charge in [0.05, 0.1) is 24.3 Å². The van der Waals surface area contributed by atoms with Crippen LogP contribution in [0, 0.1) is 13.0 Å². The van der Waals surface area contributed by atoms with Crippen molar-refractivity contribution in [3.63, 3.8) is 0 Å². The first-order valence-electron chi connectivity index (χ1n) is 9.77. The molecule has 4 rings (SSSR count). The second-order valence-corrected chi connectivity index (χ2v) is 9.32. The summed E-state index contributed by atoms with van der Waals surface area (Å²) in [4.78, 5) is 39.7. The number of aromatic amines is 1. The van der Waals surface area contributed by atoms with Crippen LogP contribution in [-0.4, -0.2) is 28.4 Å². The molecule has 0 saturated heterocycles. The molecule has 0 aliphatic carbocycles. The van der Waals surface area contributed by atoms with Gasteiger partial charge in [0.15, 0.2) is 6.61 Å². The highest BCUT2D eigenvalue weighted by Gasteiger charge is 2.12. The predicted molar refractivity (Wildman–Crippen MR) is 144 cm³/mol. The van der Waals surface area contributed by atoms with Gasteiger partial charge in [0, 0.05) is 5.69 Å². The number of fused-ring (bicyclic) bond motifs is 1. The number of nitrogens with one attached hydrogen (secondary N) is 2. The van der Waals surface area contributed by atoms with Crippen LogP contribution in [0.2, 0.25) is 0 Å². The molecule has 0 atom stereocenters. The molecule has 2 N–H and O–H groups in total. The maximum absolute atomic E-state index is 13.0. The second kappa shape index (κ2) is 10.5. The van der Waals surface area contributed by atoms with Gasteiger partial charge < -0.3 is 15.0 Å². The fourth-order valence-corrected chi connectivity index (χ4v) is 5.17. The molecule has 8 nitrogen and oxygen atoms in total. The van der Waals surface area contributed by atoms with Gasteiger partial charge in [-0.25, -0.2) is 9.18 Å². The monoisotopic (exact) mass is 684 g/mol. The molecule has 0 saturated carbocycles. The Morgan fingerprint density at radius 3 is 2.47 bits per heavy atom. The van der Waals surface area contributed by atoms with Gasteiger partial charge in [-0.3, -0.25) is 9.59 Å². The summed E-state index contributed by atoms with van der Waals surface area (Å²) in [6.07, 6.45) is 1.40. The predicted octanol–water partition coefficient (Wildman–Crippen LogP) is 3.94. The van der Waals surface area contributed by atoms with E-state index in [0.717, 1.165) is 4.68 Å². The van der Waals surface area contributed by atoms with Gasteiger partial charge in [-0.2, -0.15) is 5.10 Å². The van der Waals surface area contributed by atoms with Crippen LogP contribution < -0.4 is 21.3 Å². The van der Waals surface area contributed by atoms with Gasteiger partial charge in [-0.05, 0) is 99.3 Å². The van der Waals surface area contributed by atoms with E-state index in [1.807, 2.05) is 0 Å². The molecule has 0 radical (unpaired) electrons. The maximum Gasteiger partial charge on any atom is 0.349 e. The molecule has 1 aromatic heterocycles. The van der Waals surface area contributed by atoms with Gasteiger partial charge in [0.25, 0.3) is 11.5 Å². The Labute approximate surface area is 219 Å². The number of anilines is 1. The average Bonchev–Trinajstić information content (AvgIpc) is 2.80. The number of H-pyrrole nitrogens is 1. The standard InChI is InChI=1S/C23H15FI2N4O4/c24-14-5-7-15(8-6-14)28-20(31)12-34-21-17(25)9-13(10-18(21)26)11-27-30-22(32)16-3-1-2-4-19(16)29-23(30)33/h1-11H,12H2,(H,28,31)(H,29,33). The lowest BCUT2D eigenvalue weighted by molar-refractivity contribution is -0.118. The number of rotatable bonds is 6. The molecule has 0 spiro atoms. The summed E-state index contributed by atoms with van der Waals surface area (Å²) in [5, 5.41) is 7.04. The van der Waals surface area contributed by atoms with Crippen molar-refractivity contribution >= 4 is 73.9 Å². The Morgan fingerprint density at radius 2 is 1.76 bits per heavy atom. The summed E-state index contributed by atoms with van der Waals surface area (Å²) in [7, 11) is 0. The number of nitrogens with zero attached hydrogens (tertiary/aromatic N) is 2. The normalized spacial score (nSPS) is 11.1. The number of halogens is 3. The summed E-state index contributed by atoms with van der Waals surface area (Å²) in [5.41, 5.74) is 0.378. The van der Waals surface area contributed by atoms with Crippen molar-refractivity contribution in [2.45, 2.75) is 0 Å². The molecule has 3 aromatic carbocycles. The van der Waals surface area contributed by atoms with E-state index >= 15 is 0 Å². The number of carbonyl (C=O) groups excluding carboxylic acids is 1. The minimum absolute atomic E-state index is 0.237. The van der Waals surface area contributed by atoms with Gasteiger partial charge in [-0.15, -0.1) is 4.68 Å². The van der Waals surface area contributed by atoms with Crippen molar-refractivity contribution in [3.05, 3.63) is 100 Å². The SMILES string of the molecule is O=C(COc1c(I)cc(C=Nn2c(=O)[nH]c3ccccc3c2=O)cc1I)Nc1ccc(F)cc1. The van der Waals surface area contributed by atoms with Gasteiger partial charge in [0.2, 0.25) is 0 Å². The van der Waals surface area contributed by atoms with Crippen molar-refractivity contribution in [1.29, 1.82) is 0 Å². The zero-order valence-corrected chi connectivity index (χ0v) is 21.5. The molecule has 1 heterocycles. The summed E-state index contributed by atoms with van der Waals surface area (Å²) in [6, 6.07) is 15.6. The van der Waals surface area contributed by atoms with E-state index in [9.17, 15) is 18.8 Å². The lowest BCUT2D eigenvalue weighted by Crippen LogP contribution is -2.32. The molecule has 0 fully saturated rings. The summed E-state index contributed by atoms with van der Waals surface area (Å²) < 4.78 is 20.8. The Hall–Kier alpha value is -3.07. The minimum atomic E-state index is -0.642. The Balaban J connectivity index is 1.49. The van der Waals surface area contributed by atoms with E-state index in [2.05, 4.69) is 60.6 Å².